The van der Waals surface area contributed by atoms with Crippen LogP contribution in [-0.4, -0.2) is 53.9 Å². The molecule has 3 rings (SSSR count). The van der Waals surface area contributed by atoms with Crippen molar-refractivity contribution in [1.82, 2.24) is 20.4 Å². The number of hydrogen-bond donors (Lipinski definition) is 1. The van der Waals surface area contributed by atoms with Crippen molar-refractivity contribution in [3.8, 4) is 0 Å². The van der Waals surface area contributed by atoms with Crippen LogP contribution in [0.25, 0.3) is 0 Å². The van der Waals surface area contributed by atoms with Gasteiger partial charge in [0.25, 0.3) is 0 Å². The van der Waals surface area contributed by atoms with Gasteiger partial charge in [0.1, 0.15) is 6.10 Å². The second-order valence-electron chi connectivity index (χ2n) is 6.00. The Labute approximate surface area is 126 Å². The fourth-order valence-corrected chi connectivity index (χ4v) is 2.98. The molecule has 6 heteroatoms. The molecular weight excluding hydrogens is 268 g/mol. The van der Waals surface area contributed by atoms with Crippen molar-refractivity contribution in [2.75, 3.05) is 32.8 Å². The largest absolute Gasteiger partial charge is 0.367 e. The lowest BCUT2D eigenvalue weighted by Crippen LogP contribution is -2.38. The minimum atomic E-state index is -0.0466. The Bertz CT molecular complexity index is 447. The highest BCUT2D eigenvalue weighted by atomic mass is 16.5. The highest BCUT2D eigenvalue weighted by molar-refractivity contribution is 4.98. The quantitative estimate of drug-likeness (QED) is 0.820. The van der Waals surface area contributed by atoms with Crippen LogP contribution in [0.15, 0.2) is 4.52 Å². The molecule has 0 amide bonds. The number of nitrogens with one attached hydrogen (secondary N) is 1. The molecule has 0 spiro atoms. The SMILES string of the molecule is CCNC(Cc1nc(C2CN(CC)CCO2)no1)C1CC1. The van der Waals surface area contributed by atoms with Gasteiger partial charge in [-0.1, -0.05) is 19.0 Å². The van der Waals surface area contributed by atoms with Crippen LogP contribution in [0.2, 0.25) is 0 Å². The first-order valence-electron chi connectivity index (χ1n) is 8.20. The zero-order valence-electron chi connectivity index (χ0n) is 13.0. The van der Waals surface area contributed by atoms with E-state index in [0.29, 0.717) is 11.9 Å². The predicted octanol–water partition coefficient (Wildman–Crippen LogP) is 1.39. The van der Waals surface area contributed by atoms with Crippen LogP contribution in [0, 0.1) is 5.92 Å². The molecule has 21 heavy (non-hydrogen) atoms. The van der Waals surface area contributed by atoms with E-state index in [4.69, 9.17) is 9.26 Å². The molecule has 1 saturated heterocycles. The third-order valence-electron chi connectivity index (χ3n) is 4.42. The molecule has 0 radical (unpaired) electrons. The van der Waals surface area contributed by atoms with Crippen molar-refractivity contribution in [2.24, 2.45) is 5.92 Å². The molecule has 6 nitrogen and oxygen atoms in total. The van der Waals surface area contributed by atoms with E-state index >= 15 is 0 Å². The van der Waals surface area contributed by atoms with E-state index < -0.39 is 0 Å². The summed E-state index contributed by atoms with van der Waals surface area (Å²) in [6.07, 6.45) is 3.41. The first-order valence-corrected chi connectivity index (χ1v) is 8.20. The highest BCUT2D eigenvalue weighted by Gasteiger charge is 2.32. The van der Waals surface area contributed by atoms with Gasteiger partial charge in [0, 0.05) is 25.6 Å². The van der Waals surface area contributed by atoms with Crippen LogP contribution in [0.4, 0.5) is 0 Å². The van der Waals surface area contributed by atoms with Gasteiger partial charge in [-0.15, -0.1) is 0 Å². The van der Waals surface area contributed by atoms with E-state index in [1.54, 1.807) is 0 Å². The van der Waals surface area contributed by atoms with Crippen molar-refractivity contribution in [3.63, 3.8) is 0 Å². The van der Waals surface area contributed by atoms with E-state index in [9.17, 15) is 0 Å². The molecule has 1 aliphatic carbocycles. The Hall–Kier alpha value is -0.980. The Kier molecular flexibility index (Phi) is 4.87. The number of nitrogens with zero attached hydrogens (tertiary/aromatic N) is 3. The minimum Gasteiger partial charge on any atom is -0.367 e. The van der Waals surface area contributed by atoms with E-state index in [-0.39, 0.29) is 6.10 Å². The number of aromatic nitrogens is 2. The van der Waals surface area contributed by atoms with E-state index in [2.05, 4.69) is 34.2 Å². The normalized spacial score (nSPS) is 25.1. The minimum absolute atomic E-state index is 0.0466. The van der Waals surface area contributed by atoms with Crippen molar-refractivity contribution < 1.29 is 9.26 Å². The molecule has 1 N–H and O–H groups in total. The average Bonchev–Trinajstić information content (AvgIpc) is 3.26. The van der Waals surface area contributed by atoms with Gasteiger partial charge in [0.15, 0.2) is 0 Å². The molecule has 1 aromatic rings. The van der Waals surface area contributed by atoms with Crippen LogP contribution in [0.1, 0.15) is 44.5 Å². The van der Waals surface area contributed by atoms with Crippen LogP contribution < -0.4 is 5.32 Å². The summed E-state index contributed by atoms with van der Waals surface area (Å²) in [5.74, 6) is 2.22. The standard InChI is InChI=1S/C15H26N4O2/c1-3-16-12(11-5-6-11)9-14-17-15(18-21-14)13-10-19(4-2)7-8-20-13/h11-13,16H,3-10H2,1-2H3. The summed E-state index contributed by atoms with van der Waals surface area (Å²) in [5.41, 5.74) is 0. The summed E-state index contributed by atoms with van der Waals surface area (Å²) in [5, 5.41) is 7.67. The summed E-state index contributed by atoms with van der Waals surface area (Å²) >= 11 is 0. The summed E-state index contributed by atoms with van der Waals surface area (Å²) in [4.78, 5) is 6.92. The Morgan fingerprint density at radius 3 is 2.95 bits per heavy atom. The monoisotopic (exact) mass is 294 g/mol. The molecule has 118 valence electrons. The fourth-order valence-electron chi connectivity index (χ4n) is 2.98. The first kappa shape index (κ1) is 14.9. The van der Waals surface area contributed by atoms with Crippen molar-refractivity contribution >= 4 is 0 Å². The molecule has 2 aliphatic rings. The molecule has 2 heterocycles. The van der Waals surface area contributed by atoms with Crippen LogP contribution in [-0.2, 0) is 11.2 Å². The first-order chi connectivity index (χ1) is 10.3. The number of ether oxygens (including phenoxy) is 1. The van der Waals surface area contributed by atoms with Crippen LogP contribution in [0.5, 0.6) is 0 Å². The van der Waals surface area contributed by atoms with Gasteiger partial charge < -0.3 is 14.6 Å². The second kappa shape index (κ2) is 6.85. The van der Waals surface area contributed by atoms with Crippen molar-refractivity contribution in [1.29, 1.82) is 0 Å². The van der Waals surface area contributed by atoms with Gasteiger partial charge in [0.05, 0.1) is 6.61 Å². The Morgan fingerprint density at radius 2 is 2.24 bits per heavy atom. The number of morpholine rings is 1. The molecule has 2 atom stereocenters. The number of hydrogen-bond acceptors (Lipinski definition) is 6. The lowest BCUT2D eigenvalue weighted by Gasteiger charge is -2.30. The third-order valence-corrected chi connectivity index (χ3v) is 4.42. The molecule has 0 aromatic carbocycles. The zero-order valence-corrected chi connectivity index (χ0v) is 13.0. The zero-order chi connectivity index (χ0) is 14.7. The van der Waals surface area contributed by atoms with Gasteiger partial charge in [-0.25, -0.2) is 0 Å². The summed E-state index contributed by atoms with van der Waals surface area (Å²) < 4.78 is 11.2. The van der Waals surface area contributed by atoms with Gasteiger partial charge in [0.2, 0.25) is 11.7 Å². The molecule has 0 bridgehead atoms. The maximum atomic E-state index is 5.78. The van der Waals surface area contributed by atoms with Gasteiger partial charge in [-0.05, 0) is 31.8 Å². The van der Waals surface area contributed by atoms with Crippen molar-refractivity contribution in [2.45, 2.75) is 45.3 Å². The molecule has 2 unspecified atom stereocenters. The Balaban J connectivity index is 1.60. The van der Waals surface area contributed by atoms with Gasteiger partial charge in [-0.2, -0.15) is 4.98 Å². The second-order valence-corrected chi connectivity index (χ2v) is 6.00. The topological polar surface area (TPSA) is 63.4 Å². The van der Waals surface area contributed by atoms with Crippen molar-refractivity contribution in [3.05, 3.63) is 11.7 Å². The highest BCUT2D eigenvalue weighted by Crippen LogP contribution is 2.34. The Morgan fingerprint density at radius 1 is 1.38 bits per heavy atom. The summed E-state index contributed by atoms with van der Waals surface area (Å²) in [6.45, 7) is 8.92. The fraction of sp³-hybridized carbons (Fsp3) is 0.867. The lowest BCUT2D eigenvalue weighted by atomic mass is 10.1. The molecule has 1 saturated carbocycles. The van der Waals surface area contributed by atoms with E-state index in [1.807, 2.05) is 0 Å². The van der Waals surface area contributed by atoms with Gasteiger partial charge in [-0.3, -0.25) is 4.90 Å². The molecular formula is C15H26N4O2. The van der Waals surface area contributed by atoms with Crippen LogP contribution >= 0.6 is 0 Å². The molecule has 1 aliphatic heterocycles. The average molecular weight is 294 g/mol. The molecule has 1 aromatic heterocycles. The van der Waals surface area contributed by atoms with E-state index in [1.165, 1.54) is 12.8 Å². The maximum absolute atomic E-state index is 5.78. The number of rotatable bonds is 7. The van der Waals surface area contributed by atoms with Gasteiger partial charge >= 0.3 is 0 Å². The van der Waals surface area contributed by atoms with Crippen LogP contribution in [0.3, 0.4) is 0 Å². The van der Waals surface area contributed by atoms with E-state index in [0.717, 1.165) is 51.0 Å². The predicted molar refractivity (Wildman–Crippen MR) is 79.0 cm³/mol. The summed E-state index contributed by atoms with van der Waals surface area (Å²) in [7, 11) is 0. The summed E-state index contributed by atoms with van der Waals surface area (Å²) in [6, 6.07) is 0.475. The maximum Gasteiger partial charge on any atom is 0.228 e. The third kappa shape index (κ3) is 3.81. The smallest absolute Gasteiger partial charge is 0.228 e. The number of likely N-dealkylation sites (N-methyl/N-ethyl adjacent to an activating group) is 2. The molecule has 2 fully saturated rings. The lowest BCUT2D eigenvalue weighted by molar-refractivity contribution is -0.0334.